The molecule has 2 aliphatic rings. The summed E-state index contributed by atoms with van der Waals surface area (Å²) in [7, 11) is 0. The number of carbonyl (C=O) groups excluding carboxylic acids is 4. The molecule has 2 aromatic carbocycles. The zero-order valence-corrected chi connectivity index (χ0v) is 26.1. The largest absolute Gasteiger partial charge is 0.427 e. The van der Waals surface area contributed by atoms with Crippen LogP contribution in [0.4, 0.5) is 0 Å². The van der Waals surface area contributed by atoms with Crippen LogP contribution in [0.2, 0.25) is 0 Å². The summed E-state index contributed by atoms with van der Waals surface area (Å²) in [6.45, 7) is 4.39. The van der Waals surface area contributed by atoms with Crippen LogP contribution in [0.15, 0.2) is 36.4 Å². The lowest BCUT2D eigenvalue weighted by Gasteiger charge is -2.18. The first-order valence-corrected chi connectivity index (χ1v) is 16.6. The van der Waals surface area contributed by atoms with E-state index in [0.717, 1.165) is 49.7 Å². The Labute approximate surface area is 256 Å². The van der Waals surface area contributed by atoms with Gasteiger partial charge in [0.1, 0.15) is 16.9 Å². The lowest BCUT2D eigenvalue weighted by Crippen LogP contribution is -2.34. The molecule has 0 bridgehead atoms. The van der Waals surface area contributed by atoms with E-state index in [9.17, 15) is 19.2 Å². The second kappa shape index (κ2) is 16.0. The summed E-state index contributed by atoms with van der Waals surface area (Å²) in [6.07, 6.45) is 17.0. The molecule has 43 heavy (non-hydrogen) atoms. The van der Waals surface area contributed by atoms with E-state index in [1.165, 1.54) is 51.4 Å². The predicted molar refractivity (Wildman–Crippen MR) is 168 cm³/mol. The quantitative estimate of drug-likeness (QED) is 0.0748. The van der Waals surface area contributed by atoms with Crippen molar-refractivity contribution in [3.05, 3.63) is 58.7 Å². The molecule has 0 heterocycles. The third kappa shape index (κ3) is 8.43. The normalized spacial score (nSPS) is 14.7. The smallest absolute Gasteiger partial charge is 0.311 e. The maximum absolute atomic E-state index is 13.7. The molecule has 0 fully saturated rings. The van der Waals surface area contributed by atoms with Gasteiger partial charge < -0.3 is 9.47 Å². The van der Waals surface area contributed by atoms with E-state index in [0.29, 0.717) is 48.3 Å². The lowest BCUT2D eigenvalue weighted by molar-refractivity contribution is -0.135. The summed E-state index contributed by atoms with van der Waals surface area (Å²) in [5.41, 5.74) is 1.29. The van der Waals surface area contributed by atoms with E-state index >= 15 is 0 Å². The first kappa shape index (κ1) is 32.6. The van der Waals surface area contributed by atoms with E-state index in [2.05, 4.69) is 13.8 Å². The van der Waals surface area contributed by atoms with Crippen molar-refractivity contribution in [2.45, 2.75) is 129 Å². The topological polar surface area (TPSA) is 86.7 Å². The summed E-state index contributed by atoms with van der Waals surface area (Å²) in [4.78, 5) is 52.2. The molecule has 0 amide bonds. The van der Waals surface area contributed by atoms with Gasteiger partial charge in [0.2, 0.25) is 0 Å². The third-order valence-electron chi connectivity index (χ3n) is 8.94. The number of ketones is 2. The number of Topliss-reactive ketones (excluding diaryl/α,β-unsaturated/α-hetero) is 2. The van der Waals surface area contributed by atoms with E-state index in [1.807, 2.05) is 0 Å². The summed E-state index contributed by atoms with van der Waals surface area (Å²) in [5.74, 6) is -0.373. The zero-order valence-electron chi connectivity index (χ0n) is 26.1. The average Bonchev–Trinajstić information content (AvgIpc) is 3.43. The highest BCUT2D eigenvalue weighted by atomic mass is 16.5. The Morgan fingerprint density at radius 1 is 0.581 bits per heavy atom. The van der Waals surface area contributed by atoms with Gasteiger partial charge in [0, 0.05) is 24.0 Å². The molecular weight excluding hydrogens is 540 g/mol. The number of hydrogen-bond acceptors (Lipinski definition) is 6. The SMILES string of the molecule is CCCCCCCCCC(=O)Oc1ccc2c(c1)C(=O)C1(C2)Cc2ccc(OC(=O)CCCCCCCCC)cc2C1=O. The predicted octanol–water partition coefficient (Wildman–Crippen LogP) is 8.94. The fourth-order valence-electron chi connectivity index (χ4n) is 6.44. The van der Waals surface area contributed by atoms with Crippen molar-refractivity contribution in [3.8, 4) is 11.5 Å². The van der Waals surface area contributed by atoms with Crippen molar-refractivity contribution in [1.29, 1.82) is 0 Å². The van der Waals surface area contributed by atoms with Crippen LogP contribution in [0.5, 0.6) is 11.5 Å². The Morgan fingerprint density at radius 2 is 0.953 bits per heavy atom. The molecular formula is C37H48O6. The number of ether oxygens (including phenoxy) is 2. The second-order valence-corrected chi connectivity index (χ2v) is 12.4. The standard InChI is InChI=1S/C37H48O6/c1-3-5-7-9-11-13-15-17-33(38)42-29-21-19-27-25-37(35(40)31(27)23-29)26-28-20-22-30(24-32(28)36(37)41)43-34(39)18-16-14-12-10-8-6-4-2/h19-24H,3-18,25-26H2,1-2H3. The Hall–Kier alpha value is -3.28. The minimum absolute atomic E-state index is 0.230. The van der Waals surface area contributed by atoms with E-state index in [-0.39, 0.29) is 23.5 Å². The van der Waals surface area contributed by atoms with Crippen LogP contribution in [0, 0.1) is 5.41 Å². The van der Waals surface area contributed by atoms with Crippen LogP contribution >= 0.6 is 0 Å². The van der Waals surface area contributed by atoms with Gasteiger partial charge in [-0.05, 0) is 61.1 Å². The monoisotopic (exact) mass is 588 g/mol. The van der Waals surface area contributed by atoms with Crippen molar-refractivity contribution in [3.63, 3.8) is 0 Å². The number of rotatable bonds is 18. The van der Waals surface area contributed by atoms with Gasteiger partial charge in [-0.3, -0.25) is 19.2 Å². The van der Waals surface area contributed by atoms with Gasteiger partial charge in [-0.2, -0.15) is 0 Å². The number of esters is 2. The average molecular weight is 589 g/mol. The highest BCUT2D eigenvalue weighted by molar-refractivity contribution is 6.25. The number of fused-ring (bicyclic) bond motifs is 2. The molecule has 2 aliphatic carbocycles. The van der Waals surface area contributed by atoms with Gasteiger partial charge in [-0.25, -0.2) is 0 Å². The molecule has 0 aromatic heterocycles. The number of hydrogen-bond donors (Lipinski definition) is 0. The van der Waals surface area contributed by atoms with Crippen LogP contribution < -0.4 is 9.47 Å². The van der Waals surface area contributed by atoms with Crippen LogP contribution in [0.1, 0.15) is 148 Å². The third-order valence-corrected chi connectivity index (χ3v) is 8.94. The molecule has 0 saturated heterocycles. The van der Waals surface area contributed by atoms with Crippen molar-refractivity contribution < 1.29 is 28.7 Å². The van der Waals surface area contributed by atoms with Crippen LogP contribution in [0.25, 0.3) is 0 Å². The van der Waals surface area contributed by atoms with Gasteiger partial charge in [-0.15, -0.1) is 0 Å². The molecule has 6 heteroatoms. The molecule has 2 aromatic rings. The number of benzene rings is 2. The van der Waals surface area contributed by atoms with E-state index in [4.69, 9.17) is 9.47 Å². The van der Waals surface area contributed by atoms with Gasteiger partial charge >= 0.3 is 11.9 Å². The molecule has 0 unspecified atom stereocenters. The maximum Gasteiger partial charge on any atom is 0.311 e. The Balaban J connectivity index is 1.29. The Bertz CT molecular complexity index is 1190. The van der Waals surface area contributed by atoms with Crippen molar-refractivity contribution >= 4 is 23.5 Å². The Morgan fingerprint density at radius 3 is 1.35 bits per heavy atom. The molecule has 0 saturated carbocycles. The van der Waals surface area contributed by atoms with E-state index in [1.54, 1.807) is 36.4 Å². The highest BCUT2D eigenvalue weighted by Crippen LogP contribution is 2.48. The summed E-state index contributed by atoms with van der Waals surface area (Å²) < 4.78 is 11.1. The van der Waals surface area contributed by atoms with Gasteiger partial charge in [0.25, 0.3) is 0 Å². The van der Waals surface area contributed by atoms with Crippen LogP contribution in [-0.4, -0.2) is 23.5 Å². The minimum Gasteiger partial charge on any atom is -0.427 e. The molecule has 0 aliphatic heterocycles. The fourth-order valence-corrected chi connectivity index (χ4v) is 6.44. The zero-order chi connectivity index (χ0) is 30.7. The second-order valence-electron chi connectivity index (χ2n) is 12.4. The van der Waals surface area contributed by atoms with Gasteiger partial charge in [0.15, 0.2) is 11.6 Å². The summed E-state index contributed by atoms with van der Waals surface area (Å²) in [6, 6.07) is 10.2. The van der Waals surface area contributed by atoms with Gasteiger partial charge in [0.05, 0.1) is 0 Å². The number of unbranched alkanes of at least 4 members (excludes halogenated alkanes) is 12. The lowest BCUT2D eigenvalue weighted by atomic mass is 9.80. The highest BCUT2D eigenvalue weighted by Gasteiger charge is 2.55. The summed E-state index contributed by atoms with van der Waals surface area (Å²) in [5, 5.41) is 0. The van der Waals surface area contributed by atoms with Crippen LogP contribution in [-0.2, 0) is 22.4 Å². The first-order valence-electron chi connectivity index (χ1n) is 16.6. The first-order chi connectivity index (χ1) is 20.9. The molecule has 4 rings (SSSR count). The molecule has 6 nitrogen and oxygen atoms in total. The summed E-state index contributed by atoms with van der Waals surface area (Å²) >= 11 is 0. The fraction of sp³-hybridized carbons (Fsp3) is 0.568. The van der Waals surface area contributed by atoms with Crippen molar-refractivity contribution in [1.82, 2.24) is 0 Å². The van der Waals surface area contributed by atoms with Gasteiger partial charge in [-0.1, -0.05) is 103 Å². The van der Waals surface area contributed by atoms with Crippen molar-refractivity contribution in [2.75, 3.05) is 0 Å². The van der Waals surface area contributed by atoms with Crippen LogP contribution in [0.3, 0.4) is 0 Å². The molecule has 0 radical (unpaired) electrons. The molecule has 1 spiro atoms. The van der Waals surface area contributed by atoms with Crippen molar-refractivity contribution in [2.24, 2.45) is 5.41 Å². The molecule has 0 atom stereocenters. The maximum atomic E-state index is 13.7. The Kier molecular flexibility index (Phi) is 12.1. The number of carbonyl (C=O) groups is 4. The molecule has 232 valence electrons. The van der Waals surface area contributed by atoms with E-state index < -0.39 is 5.41 Å². The minimum atomic E-state index is -1.19. The molecule has 0 N–H and O–H groups in total.